The first-order chi connectivity index (χ1) is 8.72. The summed E-state index contributed by atoms with van der Waals surface area (Å²) in [6.07, 6.45) is 4.66. The third-order valence-electron chi connectivity index (χ3n) is 2.16. The maximum Gasteiger partial charge on any atom is 0.256 e. The van der Waals surface area contributed by atoms with E-state index in [1.54, 1.807) is 16.9 Å². The van der Waals surface area contributed by atoms with Crippen LogP contribution in [0.1, 0.15) is 0 Å². The minimum Gasteiger partial charge on any atom is -0.275 e. The van der Waals surface area contributed by atoms with Crippen LogP contribution in [0.25, 0.3) is 17.5 Å². The van der Waals surface area contributed by atoms with Crippen molar-refractivity contribution in [1.29, 1.82) is 0 Å². The van der Waals surface area contributed by atoms with Crippen molar-refractivity contribution in [3.63, 3.8) is 0 Å². The van der Waals surface area contributed by atoms with E-state index in [0.717, 1.165) is 0 Å². The van der Waals surface area contributed by atoms with E-state index in [1.807, 2.05) is 7.05 Å². The van der Waals surface area contributed by atoms with Crippen molar-refractivity contribution in [1.82, 2.24) is 39.5 Å². The van der Waals surface area contributed by atoms with Crippen molar-refractivity contribution in [2.45, 2.75) is 0 Å². The first-order valence-electron chi connectivity index (χ1n) is 4.99. The van der Waals surface area contributed by atoms with Gasteiger partial charge in [-0.05, 0) is 17.7 Å². The Labute approximate surface area is 106 Å². The fourth-order valence-corrected chi connectivity index (χ4v) is 1.56. The summed E-state index contributed by atoms with van der Waals surface area (Å²) in [5.74, 6) is 0.689. The molecule has 3 heterocycles. The van der Waals surface area contributed by atoms with Crippen LogP contribution in [0.4, 0.5) is 0 Å². The van der Waals surface area contributed by atoms with Gasteiger partial charge in [0, 0.05) is 13.2 Å². The van der Waals surface area contributed by atoms with Crippen LogP contribution in [0.5, 0.6) is 0 Å². The molecule has 3 aromatic rings. The zero-order chi connectivity index (χ0) is 12.5. The van der Waals surface area contributed by atoms with E-state index in [2.05, 4.69) is 30.1 Å². The van der Waals surface area contributed by atoms with E-state index >= 15 is 0 Å². The van der Waals surface area contributed by atoms with Gasteiger partial charge in [0.1, 0.15) is 18.3 Å². The second kappa shape index (κ2) is 4.15. The number of hydrogen-bond acceptors (Lipinski definition) is 6. The van der Waals surface area contributed by atoms with Crippen molar-refractivity contribution in [2.24, 2.45) is 7.05 Å². The topological polar surface area (TPSA) is 87.2 Å². The zero-order valence-electron chi connectivity index (χ0n) is 9.27. The molecule has 0 aliphatic rings. The highest BCUT2D eigenvalue weighted by Gasteiger charge is 2.11. The monoisotopic (exact) mass is 262 g/mol. The van der Waals surface area contributed by atoms with E-state index in [1.165, 1.54) is 17.3 Å². The standard InChI is InChI=1S/C9H7ClN8/c1-17-3-2-6(16-17)7-13-8(10)15-9(14-7)18-5-11-4-12-18/h2-5H,1H3. The third kappa shape index (κ3) is 1.93. The molecular formula is C9H7ClN8. The molecule has 0 unspecified atom stereocenters. The predicted molar refractivity (Wildman–Crippen MR) is 62.0 cm³/mol. The van der Waals surface area contributed by atoms with Crippen LogP contribution in [-0.4, -0.2) is 39.5 Å². The molecule has 0 aliphatic carbocycles. The number of halogens is 1. The smallest absolute Gasteiger partial charge is 0.256 e. The van der Waals surface area contributed by atoms with Gasteiger partial charge in [0.2, 0.25) is 5.28 Å². The summed E-state index contributed by atoms with van der Waals surface area (Å²) in [5.41, 5.74) is 0.614. The molecule has 0 aromatic carbocycles. The number of aryl methyl sites for hydroxylation is 1. The van der Waals surface area contributed by atoms with Gasteiger partial charge in [-0.2, -0.15) is 29.8 Å². The minimum absolute atomic E-state index is 0.0798. The molecule has 0 spiro atoms. The van der Waals surface area contributed by atoms with E-state index in [4.69, 9.17) is 11.6 Å². The summed E-state index contributed by atoms with van der Waals surface area (Å²) >= 11 is 5.87. The molecular weight excluding hydrogens is 256 g/mol. The normalized spacial score (nSPS) is 10.8. The number of hydrogen-bond donors (Lipinski definition) is 0. The molecule has 0 bridgehead atoms. The van der Waals surface area contributed by atoms with E-state index in [0.29, 0.717) is 17.5 Å². The van der Waals surface area contributed by atoms with Gasteiger partial charge in [-0.1, -0.05) is 0 Å². The average Bonchev–Trinajstić information content (AvgIpc) is 2.98. The molecule has 0 fully saturated rings. The van der Waals surface area contributed by atoms with E-state index < -0.39 is 0 Å². The Hall–Kier alpha value is -2.35. The Bertz CT molecular complexity index is 674. The highest BCUT2D eigenvalue weighted by atomic mass is 35.5. The summed E-state index contributed by atoms with van der Waals surface area (Å²) < 4.78 is 3.06. The second-order valence-corrected chi connectivity index (χ2v) is 3.78. The van der Waals surface area contributed by atoms with Crippen LogP contribution in [0, 0.1) is 0 Å². The minimum atomic E-state index is 0.0798. The Morgan fingerprint density at radius 2 is 2.11 bits per heavy atom. The highest BCUT2D eigenvalue weighted by molar-refractivity contribution is 6.28. The Morgan fingerprint density at radius 3 is 2.78 bits per heavy atom. The van der Waals surface area contributed by atoms with Crippen LogP contribution in [0.15, 0.2) is 24.9 Å². The van der Waals surface area contributed by atoms with Gasteiger partial charge < -0.3 is 0 Å². The first kappa shape index (κ1) is 10.8. The number of rotatable bonds is 2. The predicted octanol–water partition coefficient (Wildman–Crippen LogP) is 0.506. The fraction of sp³-hybridized carbons (Fsp3) is 0.111. The lowest BCUT2D eigenvalue weighted by molar-refractivity contribution is 0.763. The van der Waals surface area contributed by atoms with E-state index in [9.17, 15) is 0 Å². The summed E-state index contributed by atoms with van der Waals surface area (Å²) in [5, 5.41) is 8.22. The second-order valence-electron chi connectivity index (χ2n) is 3.44. The molecule has 9 heteroatoms. The van der Waals surface area contributed by atoms with Crippen molar-refractivity contribution >= 4 is 11.6 Å². The lowest BCUT2D eigenvalue weighted by Gasteiger charge is -2.01. The maximum atomic E-state index is 5.87. The van der Waals surface area contributed by atoms with Gasteiger partial charge in [-0.3, -0.25) is 4.68 Å². The summed E-state index contributed by atoms with van der Waals surface area (Å²) in [6.45, 7) is 0. The molecule has 0 atom stereocenters. The lowest BCUT2D eigenvalue weighted by atomic mass is 10.4. The molecule has 3 rings (SSSR count). The third-order valence-corrected chi connectivity index (χ3v) is 2.33. The molecule has 0 N–H and O–H groups in total. The Kier molecular flexibility index (Phi) is 2.49. The van der Waals surface area contributed by atoms with Gasteiger partial charge >= 0.3 is 0 Å². The zero-order valence-corrected chi connectivity index (χ0v) is 10.0. The highest BCUT2D eigenvalue weighted by Crippen LogP contribution is 2.14. The van der Waals surface area contributed by atoms with Crippen LogP contribution in [0.2, 0.25) is 5.28 Å². The molecule has 0 saturated carbocycles. The summed E-state index contributed by atoms with van der Waals surface area (Å²) in [4.78, 5) is 16.1. The quantitative estimate of drug-likeness (QED) is 0.669. The van der Waals surface area contributed by atoms with Crippen molar-refractivity contribution in [3.05, 3.63) is 30.2 Å². The largest absolute Gasteiger partial charge is 0.275 e. The fourth-order valence-electron chi connectivity index (χ4n) is 1.40. The van der Waals surface area contributed by atoms with Crippen molar-refractivity contribution in [2.75, 3.05) is 0 Å². The van der Waals surface area contributed by atoms with Gasteiger partial charge in [-0.25, -0.2) is 4.98 Å². The van der Waals surface area contributed by atoms with Crippen LogP contribution in [-0.2, 0) is 7.05 Å². The Morgan fingerprint density at radius 1 is 1.22 bits per heavy atom. The van der Waals surface area contributed by atoms with Gasteiger partial charge in [-0.15, -0.1) is 0 Å². The van der Waals surface area contributed by atoms with Gasteiger partial charge in [0.05, 0.1) is 0 Å². The van der Waals surface area contributed by atoms with Crippen molar-refractivity contribution in [3.8, 4) is 17.5 Å². The van der Waals surface area contributed by atoms with Crippen LogP contribution in [0.3, 0.4) is 0 Å². The molecule has 0 amide bonds. The van der Waals surface area contributed by atoms with Gasteiger partial charge in [0.15, 0.2) is 5.82 Å². The SMILES string of the molecule is Cn1ccc(-c2nc(Cl)nc(-n3cncn3)n2)n1. The molecule has 90 valence electrons. The summed E-state index contributed by atoms with van der Waals surface area (Å²) in [6, 6.07) is 1.79. The molecule has 0 aliphatic heterocycles. The molecule has 0 saturated heterocycles. The molecule has 18 heavy (non-hydrogen) atoms. The average molecular weight is 263 g/mol. The van der Waals surface area contributed by atoms with Gasteiger partial charge in [0.25, 0.3) is 5.95 Å². The molecule has 3 aromatic heterocycles. The maximum absolute atomic E-state index is 5.87. The molecule has 0 radical (unpaired) electrons. The van der Waals surface area contributed by atoms with Crippen molar-refractivity contribution < 1.29 is 0 Å². The van der Waals surface area contributed by atoms with E-state index in [-0.39, 0.29) is 5.28 Å². The summed E-state index contributed by atoms with van der Waals surface area (Å²) in [7, 11) is 1.81. The first-order valence-corrected chi connectivity index (χ1v) is 5.37. The number of aromatic nitrogens is 8. The van der Waals surface area contributed by atoms with Crippen LogP contribution < -0.4 is 0 Å². The Balaban J connectivity index is 2.11. The molecule has 8 nitrogen and oxygen atoms in total. The van der Waals surface area contributed by atoms with Crippen LogP contribution >= 0.6 is 11.6 Å². The lowest BCUT2D eigenvalue weighted by Crippen LogP contribution is -2.05. The number of nitrogens with zero attached hydrogens (tertiary/aromatic N) is 8.